The van der Waals surface area contributed by atoms with Gasteiger partial charge in [0.05, 0.1) is 33.5 Å². The number of rotatable bonds is 26. The van der Waals surface area contributed by atoms with E-state index in [1.54, 1.807) is 31.4 Å². The van der Waals surface area contributed by atoms with E-state index in [0.717, 1.165) is 97.2 Å². The number of carbonyl (C=O) groups is 3. The largest absolute Gasteiger partial charge is 0.497 e. The first-order chi connectivity index (χ1) is 29.7. The van der Waals surface area contributed by atoms with Crippen LogP contribution in [0.3, 0.4) is 0 Å². The van der Waals surface area contributed by atoms with E-state index in [1.807, 2.05) is 66.7 Å². The van der Waals surface area contributed by atoms with Crippen LogP contribution in [0.15, 0.2) is 123 Å². The van der Waals surface area contributed by atoms with Crippen LogP contribution in [-0.2, 0) is 19.1 Å². The van der Waals surface area contributed by atoms with E-state index in [-0.39, 0.29) is 11.9 Å². The molecule has 61 heavy (non-hydrogen) atoms. The van der Waals surface area contributed by atoms with Crippen molar-refractivity contribution < 1.29 is 42.8 Å². The van der Waals surface area contributed by atoms with E-state index in [4.69, 9.17) is 33.8 Å². The van der Waals surface area contributed by atoms with E-state index in [2.05, 4.69) is 33.6 Å². The molecule has 0 amide bonds. The molecule has 0 saturated carbocycles. The smallest absolute Gasteiger partial charge is 0.330 e. The third-order valence-electron chi connectivity index (χ3n) is 8.95. The fourth-order valence-corrected chi connectivity index (χ4v) is 5.29. The van der Waals surface area contributed by atoms with Crippen LogP contribution in [0.5, 0.6) is 23.0 Å². The maximum Gasteiger partial charge on any atom is 0.330 e. The normalized spacial score (nSPS) is 9.95. The Balaban J connectivity index is 0.000000448. The number of carbonyl (C=O) groups excluding carboxylic acids is 3. The summed E-state index contributed by atoms with van der Waals surface area (Å²) in [5.74, 6) is 2.76. The first-order valence-electron chi connectivity index (χ1n) is 20.9. The molecule has 326 valence electrons. The van der Waals surface area contributed by atoms with Crippen LogP contribution >= 0.6 is 0 Å². The van der Waals surface area contributed by atoms with E-state index in [0.29, 0.717) is 43.5 Å². The summed E-state index contributed by atoms with van der Waals surface area (Å²) in [6, 6.07) is 28.1. The Labute approximate surface area is 362 Å². The van der Waals surface area contributed by atoms with Crippen LogP contribution in [0, 0.1) is 5.41 Å². The Morgan fingerprint density at radius 1 is 0.607 bits per heavy atom. The van der Waals surface area contributed by atoms with Crippen LogP contribution in [0.4, 0.5) is 0 Å². The average molecular weight is 834 g/mol. The third-order valence-corrected chi connectivity index (χ3v) is 8.95. The van der Waals surface area contributed by atoms with Gasteiger partial charge in [-0.05, 0) is 135 Å². The summed E-state index contributed by atoms with van der Waals surface area (Å²) in [7, 11) is 1.61. The number of benzene rings is 4. The molecule has 0 atom stereocenters. The second-order valence-electron chi connectivity index (χ2n) is 13.6. The highest BCUT2D eigenvalue weighted by molar-refractivity contribution is 5.89. The Morgan fingerprint density at radius 3 is 1.51 bits per heavy atom. The zero-order valence-electron chi connectivity index (χ0n) is 36.2. The number of hydrogen-bond acceptors (Lipinski definition) is 10. The molecule has 4 aromatic rings. The van der Waals surface area contributed by atoms with Gasteiger partial charge in [0.15, 0.2) is 0 Å². The summed E-state index contributed by atoms with van der Waals surface area (Å²) in [5.41, 5.74) is 4.23. The SMILES string of the molecule is C=CC(=O)OCCCCCCOc1ccc(C(=C)Oc2ccc(-c3ccc(OC)cc3C=N)cc2)cc1.C=CC(=O)OCCCCCCOc1ccc(C=O)cc1.CCCC. The monoisotopic (exact) mass is 833 g/mol. The first-order valence-corrected chi connectivity index (χ1v) is 20.9. The van der Waals surface area contributed by atoms with Gasteiger partial charge in [-0.3, -0.25) is 4.79 Å². The molecule has 0 heterocycles. The van der Waals surface area contributed by atoms with Gasteiger partial charge in [0.1, 0.15) is 35.0 Å². The van der Waals surface area contributed by atoms with Crippen LogP contribution in [-0.4, -0.2) is 58.0 Å². The minimum atomic E-state index is -0.374. The van der Waals surface area contributed by atoms with Crippen molar-refractivity contribution in [1.29, 1.82) is 5.41 Å². The molecule has 10 heteroatoms. The molecule has 0 spiro atoms. The number of nitrogens with one attached hydrogen (secondary N) is 1. The van der Waals surface area contributed by atoms with Gasteiger partial charge in [-0.2, -0.15) is 0 Å². The summed E-state index contributed by atoms with van der Waals surface area (Å²) >= 11 is 0. The fraction of sp³-hybridized carbons (Fsp3) is 0.333. The molecule has 0 aromatic heterocycles. The molecule has 0 aliphatic heterocycles. The van der Waals surface area contributed by atoms with Gasteiger partial charge in [0.25, 0.3) is 0 Å². The number of unbranched alkanes of at least 4 members (excludes halogenated alkanes) is 7. The number of aldehydes is 1. The molecule has 0 aliphatic carbocycles. The maximum atomic E-state index is 11.0. The lowest BCUT2D eigenvalue weighted by Gasteiger charge is -2.12. The van der Waals surface area contributed by atoms with Gasteiger partial charge in [0.2, 0.25) is 0 Å². The highest BCUT2D eigenvalue weighted by Gasteiger charge is 2.08. The molecule has 0 fully saturated rings. The molecule has 10 nitrogen and oxygen atoms in total. The van der Waals surface area contributed by atoms with E-state index >= 15 is 0 Å². The van der Waals surface area contributed by atoms with Crippen LogP contribution in [0.2, 0.25) is 0 Å². The van der Waals surface area contributed by atoms with Crippen molar-refractivity contribution in [3.63, 3.8) is 0 Å². The van der Waals surface area contributed by atoms with E-state index in [1.165, 1.54) is 31.2 Å². The summed E-state index contributed by atoms with van der Waals surface area (Å²) in [4.78, 5) is 32.2. The second-order valence-corrected chi connectivity index (χ2v) is 13.6. The molecule has 4 rings (SSSR count). The molecule has 0 radical (unpaired) electrons. The summed E-state index contributed by atoms with van der Waals surface area (Å²) in [6.45, 7) is 17.3. The zero-order chi connectivity index (χ0) is 44.5. The predicted molar refractivity (Wildman–Crippen MR) is 245 cm³/mol. The van der Waals surface area contributed by atoms with Crippen molar-refractivity contribution in [2.24, 2.45) is 0 Å². The predicted octanol–water partition coefficient (Wildman–Crippen LogP) is 12.1. The molecular weight excluding hydrogens is 771 g/mol. The van der Waals surface area contributed by atoms with Crippen LogP contribution in [0.1, 0.15) is 99.5 Å². The number of hydrogen-bond donors (Lipinski definition) is 1. The molecule has 0 aliphatic rings. The Morgan fingerprint density at radius 2 is 1.07 bits per heavy atom. The van der Waals surface area contributed by atoms with Crippen molar-refractivity contribution in [3.8, 4) is 34.1 Å². The summed E-state index contributed by atoms with van der Waals surface area (Å²) < 4.78 is 32.4. The summed E-state index contributed by atoms with van der Waals surface area (Å²) in [6.07, 6.45) is 14.7. The molecule has 0 bridgehead atoms. The first kappa shape index (κ1) is 50.7. The fourth-order valence-electron chi connectivity index (χ4n) is 5.29. The molecule has 4 aromatic carbocycles. The second kappa shape index (κ2) is 31.5. The lowest BCUT2D eigenvalue weighted by atomic mass is 10.00. The topological polar surface area (TPSA) is 130 Å². The lowest BCUT2D eigenvalue weighted by Crippen LogP contribution is -2.02. The molecular formula is C51H63NO9. The Kier molecular flexibility index (Phi) is 26.2. The highest BCUT2D eigenvalue weighted by Crippen LogP contribution is 2.29. The Bertz CT molecular complexity index is 1900. The van der Waals surface area contributed by atoms with Gasteiger partial charge in [-0.15, -0.1) is 0 Å². The van der Waals surface area contributed by atoms with Crippen molar-refractivity contribution in [2.45, 2.75) is 78.1 Å². The highest BCUT2D eigenvalue weighted by atomic mass is 16.5. The third kappa shape index (κ3) is 21.4. The van der Waals surface area contributed by atoms with Gasteiger partial charge in [-0.25, -0.2) is 9.59 Å². The zero-order valence-corrected chi connectivity index (χ0v) is 36.2. The average Bonchev–Trinajstić information content (AvgIpc) is 3.31. The molecule has 0 saturated heterocycles. The van der Waals surface area contributed by atoms with E-state index in [9.17, 15) is 14.4 Å². The van der Waals surface area contributed by atoms with Crippen molar-refractivity contribution in [2.75, 3.05) is 33.5 Å². The van der Waals surface area contributed by atoms with Crippen molar-refractivity contribution >= 4 is 30.2 Å². The summed E-state index contributed by atoms with van der Waals surface area (Å²) in [5, 5.41) is 7.70. The van der Waals surface area contributed by atoms with Crippen LogP contribution < -0.4 is 18.9 Å². The van der Waals surface area contributed by atoms with Crippen molar-refractivity contribution in [3.05, 3.63) is 140 Å². The number of methoxy groups -OCH3 is 1. The van der Waals surface area contributed by atoms with Gasteiger partial charge in [-0.1, -0.05) is 64.6 Å². The maximum absolute atomic E-state index is 11.0. The minimum Gasteiger partial charge on any atom is -0.497 e. The minimum absolute atomic E-state index is 0.368. The Hall–Kier alpha value is -6.42. The van der Waals surface area contributed by atoms with E-state index < -0.39 is 0 Å². The molecule has 1 N–H and O–H groups in total. The van der Waals surface area contributed by atoms with Crippen molar-refractivity contribution in [1.82, 2.24) is 0 Å². The van der Waals surface area contributed by atoms with Gasteiger partial charge in [0, 0.05) is 35.1 Å². The molecule has 0 unspecified atom stereocenters. The quantitative estimate of drug-likeness (QED) is 0.0164. The number of esters is 2. The van der Waals surface area contributed by atoms with Gasteiger partial charge < -0.3 is 33.8 Å². The number of ether oxygens (including phenoxy) is 6. The lowest BCUT2D eigenvalue weighted by molar-refractivity contribution is -0.138. The standard InChI is InChI=1S/C31H33NO5.C16H20O4.C4H10/c1-4-31(33)36-20-8-6-5-7-19-35-27-13-9-24(10-14-27)23(2)37-28-15-11-25(12-16-28)30-18-17-29(34-3)21-26(30)22-32;1-2-16(18)20-12-6-4-3-5-11-19-15-9-7-14(13-17)8-10-15;1-3-4-2/h4,9-18,21-22,32H,1-2,5-8,19-20H2,3H3;2,7-10,13H,1,3-6,11-12H2;3-4H2,1-2H3. The van der Waals surface area contributed by atoms with Gasteiger partial charge >= 0.3 is 11.9 Å². The van der Waals surface area contributed by atoms with Crippen LogP contribution in [0.25, 0.3) is 16.9 Å².